The van der Waals surface area contributed by atoms with Crippen LogP contribution in [0.5, 0.6) is 5.75 Å². The van der Waals surface area contributed by atoms with Gasteiger partial charge < -0.3 is 10.1 Å². The third-order valence-corrected chi connectivity index (χ3v) is 4.64. The first-order valence-electron chi connectivity index (χ1n) is 8.47. The molecule has 0 fully saturated rings. The molecular weight excluding hydrogens is 364 g/mol. The summed E-state index contributed by atoms with van der Waals surface area (Å²) in [5.41, 5.74) is 4.12. The van der Waals surface area contributed by atoms with Gasteiger partial charge in [0.05, 0.1) is 4.92 Å². The molecule has 0 aliphatic heterocycles. The first-order chi connectivity index (χ1) is 13.0. The van der Waals surface area contributed by atoms with Crippen molar-refractivity contribution in [3.8, 4) is 5.75 Å². The van der Waals surface area contributed by atoms with Crippen molar-refractivity contribution in [3.63, 3.8) is 0 Å². The summed E-state index contributed by atoms with van der Waals surface area (Å²) in [4.78, 5) is 10.3. The minimum absolute atomic E-state index is 0.0746. The molecule has 0 unspecified atom stereocenters. The van der Waals surface area contributed by atoms with Crippen molar-refractivity contribution in [2.45, 2.75) is 20.1 Å². The van der Waals surface area contributed by atoms with Crippen LogP contribution in [0.3, 0.4) is 0 Å². The van der Waals surface area contributed by atoms with E-state index in [4.69, 9.17) is 16.3 Å². The third kappa shape index (κ3) is 4.99. The fourth-order valence-corrected chi connectivity index (χ4v) is 2.75. The number of benzene rings is 3. The molecule has 0 aliphatic rings. The van der Waals surface area contributed by atoms with E-state index in [-0.39, 0.29) is 5.69 Å². The molecule has 138 valence electrons. The zero-order valence-corrected chi connectivity index (χ0v) is 15.6. The maximum Gasteiger partial charge on any atom is 0.269 e. The number of hydrogen-bond donors (Lipinski definition) is 1. The molecule has 0 saturated heterocycles. The highest BCUT2D eigenvalue weighted by Gasteiger charge is 2.05. The molecule has 0 amide bonds. The molecule has 3 aromatic rings. The lowest BCUT2D eigenvalue weighted by molar-refractivity contribution is -0.384. The molecule has 1 N–H and O–H groups in total. The second-order valence-corrected chi connectivity index (χ2v) is 6.53. The number of nitrogens with zero attached hydrogens (tertiary/aromatic N) is 1. The molecule has 0 radical (unpaired) electrons. The molecule has 0 aliphatic carbocycles. The predicted octanol–water partition coefficient (Wildman–Crippen LogP) is 5.75. The minimum atomic E-state index is -0.414. The normalized spacial score (nSPS) is 10.4. The summed E-state index contributed by atoms with van der Waals surface area (Å²) in [7, 11) is 0. The summed E-state index contributed by atoms with van der Waals surface area (Å²) in [6.07, 6.45) is 0. The second-order valence-electron chi connectivity index (χ2n) is 6.12. The van der Waals surface area contributed by atoms with Crippen LogP contribution in [0.15, 0.2) is 66.7 Å². The molecule has 0 aromatic heterocycles. The lowest BCUT2D eigenvalue weighted by Crippen LogP contribution is -2.01. The number of anilines is 1. The Morgan fingerprint density at radius 2 is 1.67 bits per heavy atom. The number of nitrogens with one attached hydrogen (secondary N) is 1. The Bertz CT molecular complexity index is 925. The zero-order chi connectivity index (χ0) is 19.2. The number of nitro groups is 1. The lowest BCUT2D eigenvalue weighted by atomic mass is 10.1. The van der Waals surface area contributed by atoms with Gasteiger partial charge in [0.1, 0.15) is 12.4 Å². The number of non-ortho nitro benzene ring substituents is 1. The van der Waals surface area contributed by atoms with Gasteiger partial charge in [-0.3, -0.25) is 10.1 Å². The summed E-state index contributed by atoms with van der Waals surface area (Å²) in [5, 5.41) is 14.8. The Labute approximate surface area is 162 Å². The largest absolute Gasteiger partial charge is 0.489 e. The smallest absolute Gasteiger partial charge is 0.269 e. The van der Waals surface area contributed by atoms with E-state index in [2.05, 4.69) is 5.32 Å². The predicted molar refractivity (Wildman–Crippen MR) is 107 cm³/mol. The van der Waals surface area contributed by atoms with Crippen LogP contribution in [-0.2, 0) is 13.2 Å². The number of halogens is 1. The third-order valence-electron chi connectivity index (χ3n) is 4.23. The molecule has 0 heterocycles. The van der Waals surface area contributed by atoms with Gasteiger partial charge in [-0.15, -0.1) is 0 Å². The Hall–Kier alpha value is -3.05. The Morgan fingerprint density at radius 3 is 2.33 bits per heavy atom. The van der Waals surface area contributed by atoms with Gasteiger partial charge in [-0.05, 0) is 60.0 Å². The number of nitro benzene ring substituents is 1. The van der Waals surface area contributed by atoms with E-state index in [1.165, 1.54) is 12.1 Å². The molecule has 27 heavy (non-hydrogen) atoms. The summed E-state index contributed by atoms with van der Waals surface area (Å²) in [6.45, 7) is 3.03. The maximum atomic E-state index is 10.7. The average Bonchev–Trinajstić information content (AvgIpc) is 2.68. The van der Waals surface area contributed by atoms with E-state index in [1.807, 2.05) is 49.4 Å². The van der Waals surface area contributed by atoms with Crippen LogP contribution in [0.25, 0.3) is 0 Å². The molecule has 0 bridgehead atoms. The number of hydrogen-bond acceptors (Lipinski definition) is 4. The van der Waals surface area contributed by atoms with Gasteiger partial charge in [0, 0.05) is 29.4 Å². The molecule has 0 atom stereocenters. The lowest BCUT2D eigenvalue weighted by Gasteiger charge is -2.11. The quantitative estimate of drug-likeness (QED) is 0.417. The van der Waals surface area contributed by atoms with Gasteiger partial charge in [0.15, 0.2) is 0 Å². The molecular formula is C21H19ClN2O3. The van der Waals surface area contributed by atoms with E-state index < -0.39 is 4.92 Å². The van der Waals surface area contributed by atoms with Crippen LogP contribution in [-0.4, -0.2) is 4.92 Å². The van der Waals surface area contributed by atoms with E-state index in [0.717, 1.165) is 33.1 Å². The highest BCUT2D eigenvalue weighted by molar-refractivity contribution is 6.31. The zero-order valence-electron chi connectivity index (χ0n) is 14.8. The van der Waals surface area contributed by atoms with Gasteiger partial charge in [-0.25, -0.2) is 0 Å². The monoisotopic (exact) mass is 382 g/mol. The summed E-state index contributed by atoms with van der Waals surface area (Å²) in [5.74, 6) is 0.746. The van der Waals surface area contributed by atoms with Crippen molar-refractivity contribution in [1.29, 1.82) is 0 Å². The van der Waals surface area contributed by atoms with Crippen molar-refractivity contribution in [2.75, 3.05) is 5.32 Å². The van der Waals surface area contributed by atoms with Gasteiger partial charge in [0.25, 0.3) is 5.69 Å². The fraction of sp³-hybridized carbons (Fsp3) is 0.143. The molecule has 0 saturated carbocycles. The van der Waals surface area contributed by atoms with Gasteiger partial charge in [-0.2, -0.15) is 0 Å². The van der Waals surface area contributed by atoms with Gasteiger partial charge in [-0.1, -0.05) is 29.8 Å². The SMILES string of the molecule is Cc1c(Cl)cccc1NCc1ccc(OCc2ccc([N+](=O)[O-])cc2)cc1. The van der Waals surface area contributed by atoms with Crippen LogP contribution >= 0.6 is 11.6 Å². The van der Waals surface area contributed by atoms with E-state index in [1.54, 1.807) is 12.1 Å². The summed E-state index contributed by atoms with van der Waals surface area (Å²) < 4.78 is 5.74. The van der Waals surface area contributed by atoms with Crippen molar-refractivity contribution < 1.29 is 9.66 Å². The molecule has 3 rings (SSSR count). The molecule has 3 aromatic carbocycles. The van der Waals surface area contributed by atoms with E-state index >= 15 is 0 Å². The first kappa shape index (κ1) is 18.7. The Kier molecular flexibility index (Phi) is 5.94. The van der Waals surface area contributed by atoms with Gasteiger partial charge >= 0.3 is 0 Å². The average molecular weight is 383 g/mol. The van der Waals surface area contributed by atoms with Crippen LogP contribution in [0, 0.1) is 17.0 Å². The molecule has 6 heteroatoms. The fourth-order valence-electron chi connectivity index (χ4n) is 2.58. The topological polar surface area (TPSA) is 64.4 Å². The maximum absolute atomic E-state index is 10.7. The van der Waals surface area contributed by atoms with E-state index in [9.17, 15) is 10.1 Å². The van der Waals surface area contributed by atoms with Crippen LogP contribution in [0.2, 0.25) is 5.02 Å². The van der Waals surface area contributed by atoms with Crippen molar-refractivity contribution >= 4 is 23.0 Å². The van der Waals surface area contributed by atoms with Crippen molar-refractivity contribution in [3.05, 3.63) is 98.6 Å². The highest BCUT2D eigenvalue weighted by atomic mass is 35.5. The summed E-state index contributed by atoms with van der Waals surface area (Å²) in [6, 6.07) is 20.0. The van der Waals surface area contributed by atoms with E-state index in [0.29, 0.717) is 13.2 Å². The van der Waals surface area contributed by atoms with Crippen molar-refractivity contribution in [1.82, 2.24) is 0 Å². The molecule has 0 spiro atoms. The number of rotatable bonds is 7. The Morgan fingerprint density at radius 1 is 1.00 bits per heavy atom. The standard InChI is InChI=1S/C21H19ClN2O3/c1-15-20(22)3-2-4-21(15)23-13-16-7-11-19(12-8-16)27-14-17-5-9-18(10-6-17)24(25)26/h2-12,23H,13-14H2,1H3. The molecule has 5 nitrogen and oxygen atoms in total. The first-order valence-corrected chi connectivity index (χ1v) is 8.85. The minimum Gasteiger partial charge on any atom is -0.489 e. The van der Waals surface area contributed by atoms with Gasteiger partial charge in [0.2, 0.25) is 0 Å². The van der Waals surface area contributed by atoms with Crippen LogP contribution in [0.4, 0.5) is 11.4 Å². The van der Waals surface area contributed by atoms with Crippen LogP contribution in [0.1, 0.15) is 16.7 Å². The highest BCUT2D eigenvalue weighted by Crippen LogP contribution is 2.24. The van der Waals surface area contributed by atoms with Crippen LogP contribution < -0.4 is 10.1 Å². The summed E-state index contributed by atoms with van der Waals surface area (Å²) >= 11 is 6.14. The van der Waals surface area contributed by atoms with Crippen molar-refractivity contribution in [2.24, 2.45) is 0 Å². The Balaban J connectivity index is 1.54. The number of ether oxygens (including phenoxy) is 1. The second kappa shape index (κ2) is 8.56.